The van der Waals surface area contributed by atoms with Gasteiger partial charge >= 0.3 is 5.69 Å². The molecular formula is C10H15ClN2O5. The number of nitrogens with one attached hydrogen (secondary N) is 1. The highest BCUT2D eigenvalue weighted by atomic mass is 35.5. The van der Waals surface area contributed by atoms with Gasteiger partial charge < -0.3 is 14.9 Å². The molecule has 0 aliphatic carbocycles. The minimum atomic E-state index is -1.56. The minimum absolute atomic E-state index is 0.460. The van der Waals surface area contributed by atoms with Crippen LogP contribution in [0.4, 0.5) is 0 Å². The highest BCUT2D eigenvalue weighted by molar-refractivity contribution is 6.22. The van der Waals surface area contributed by atoms with Gasteiger partial charge in [-0.2, -0.15) is 0 Å². The van der Waals surface area contributed by atoms with E-state index in [1.807, 2.05) is 4.98 Å². The number of ether oxygens (including phenoxy) is 1. The van der Waals surface area contributed by atoms with Gasteiger partial charge in [-0.1, -0.05) is 11.6 Å². The summed E-state index contributed by atoms with van der Waals surface area (Å²) in [7, 11) is 1.30. The standard InChI is InChI=1S/C10H15ClN2O5/c1-10(11,8(16)6(5-14)18-2)13-4-3-7(15)12-9(13)17/h3-4,6,8,14,16H,5H2,1-2H3,(H,12,15,17)/t6-,8-,10+/m1/s1. The Balaban J connectivity index is 3.19. The van der Waals surface area contributed by atoms with E-state index in [1.54, 1.807) is 0 Å². The predicted molar refractivity (Wildman–Crippen MR) is 64.7 cm³/mol. The molecule has 1 heterocycles. The van der Waals surface area contributed by atoms with E-state index in [0.29, 0.717) is 0 Å². The Morgan fingerprint density at radius 2 is 2.22 bits per heavy atom. The Morgan fingerprint density at radius 3 is 2.67 bits per heavy atom. The predicted octanol–water partition coefficient (Wildman–Crippen LogP) is -1.18. The third kappa shape index (κ3) is 2.81. The Morgan fingerprint density at radius 1 is 1.61 bits per heavy atom. The molecule has 8 heteroatoms. The third-order valence-electron chi connectivity index (χ3n) is 2.67. The molecule has 0 saturated heterocycles. The number of methoxy groups -OCH3 is 1. The molecule has 0 saturated carbocycles. The second-order valence-electron chi connectivity index (χ2n) is 3.91. The van der Waals surface area contributed by atoms with Crippen molar-refractivity contribution in [2.45, 2.75) is 24.1 Å². The van der Waals surface area contributed by atoms with Crippen LogP contribution in [0.3, 0.4) is 0 Å². The maximum Gasteiger partial charge on any atom is 0.329 e. The molecule has 1 rings (SSSR count). The van der Waals surface area contributed by atoms with Crippen molar-refractivity contribution in [3.63, 3.8) is 0 Å². The van der Waals surface area contributed by atoms with Crippen molar-refractivity contribution in [3.8, 4) is 0 Å². The Bertz CT molecular complexity index is 505. The minimum Gasteiger partial charge on any atom is -0.394 e. The maximum absolute atomic E-state index is 11.6. The topological polar surface area (TPSA) is 105 Å². The second-order valence-corrected chi connectivity index (χ2v) is 4.67. The van der Waals surface area contributed by atoms with Crippen molar-refractivity contribution >= 4 is 11.6 Å². The summed E-state index contributed by atoms with van der Waals surface area (Å²) in [6.45, 7) is 0.915. The van der Waals surface area contributed by atoms with E-state index in [1.165, 1.54) is 20.2 Å². The van der Waals surface area contributed by atoms with Crippen LogP contribution in [0.1, 0.15) is 6.92 Å². The zero-order valence-electron chi connectivity index (χ0n) is 9.96. The molecular weight excluding hydrogens is 264 g/mol. The van der Waals surface area contributed by atoms with Gasteiger partial charge in [0.1, 0.15) is 17.2 Å². The maximum atomic E-state index is 11.6. The van der Waals surface area contributed by atoms with E-state index in [0.717, 1.165) is 10.6 Å². The second kappa shape index (κ2) is 5.66. The van der Waals surface area contributed by atoms with Crippen molar-refractivity contribution in [1.29, 1.82) is 0 Å². The van der Waals surface area contributed by atoms with Crippen LogP contribution < -0.4 is 11.2 Å². The first-order valence-corrected chi connectivity index (χ1v) is 5.55. The van der Waals surface area contributed by atoms with Crippen molar-refractivity contribution < 1.29 is 14.9 Å². The van der Waals surface area contributed by atoms with Gasteiger partial charge in [-0.05, 0) is 6.92 Å². The largest absolute Gasteiger partial charge is 0.394 e. The zero-order chi connectivity index (χ0) is 13.9. The number of aromatic amines is 1. The number of halogens is 1. The molecule has 1 aromatic rings. The zero-order valence-corrected chi connectivity index (χ0v) is 10.7. The van der Waals surface area contributed by atoms with Crippen LogP contribution >= 0.6 is 11.6 Å². The summed E-state index contributed by atoms with van der Waals surface area (Å²) < 4.78 is 5.82. The molecule has 0 aliphatic rings. The third-order valence-corrected chi connectivity index (χ3v) is 3.08. The smallest absolute Gasteiger partial charge is 0.329 e. The van der Waals surface area contributed by atoms with Crippen LogP contribution in [0.15, 0.2) is 21.9 Å². The number of aliphatic hydroxyl groups is 2. The molecule has 7 nitrogen and oxygen atoms in total. The van der Waals surface area contributed by atoms with E-state index in [4.69, 9.17) is 21.4 Å². The molecule has 0 bridgehead atoms. The fourth-order valence-corrected chi connectivity index (χ4v) is 1.82. The van der Waals surface area contributed by atoms with Crippen LogP contribution in [0.5, 0.6) is 0 Å². The van der Waals surface area contributed by atoms with Crippen LogP contribution in [0, 0.1) is 0 Å². The molecule has 18 heavy (non-hydrogen) atoms. The number of H-pyrrole nitrogens is 1. The van der Waals surface area contributed by atoms with E-state index in [9.17, 15) is 14.7 Å². The van der Waals surface area contributed by atoms with Gasteiger partial charge in [0.15, 0.2) is 0 Å². The molecule has 102 valence electrons. The molecule has 0 radical (unpaired) electrons. The number of aliphatic hydroxyl groups excluding tert-OH is 2. The van der Waals surface area contributed by atoms with Crippen molar-refractivity contribution in [2.75, 3.05) is 13.7 Å². The Kier molecular flexibility index (Phi) is 4.69. The number of nitrogens with zero attached hydrogens (tertiary/aromatic N) is 1. The monoisotopic (exact) mass is 278 g/mol. The van der Waals surface area contributed by atoms with Crippen molar-refractivity contribution in [1.82, 2.24) is 9.55 Å². The Hall–Kier alpha value is -1.15. The molecule has 0 unspecified atom stereocenters. The first kappa shape index (κ1) is 14.9. The SMILES string of the molecule is CO[C@H](CO)[C@@H](O)[C@@](C)(Cl)n1ccc(=O)[nH]c1=O. The number of hydrogen-bond donors (Lipinski definition) is 3. The van der Waals surface area contributed by atoms with Gasteiger partial charge in [0.2, 0.25) is 0 Å². The van der Waals surface area contributed by atoms with E-state index >= 15 is 0 Å². The summed E-state index contributed by atoms with van der Waals surface area (Å²) in [5.74, 6) is 0. The number of alkyl halides is 1. The van der Waals surface area contributed by atoms with Crippen LogP contribution in [0.2, 0.25) is 0 Å². The summed E-state index contributed by atoms with van der Waals surface area (Å²) in [5, 5.41) is 19.0. The average Bonchev–Trinajstić information content (AvgIpc) is 2.29. The first-order valence-electron chi connectivity index (χ1n) is 5.17. The van der Waals surface area contributed by atoms with E-state index in [-0.39, 0.29) is 0 Å². The highest BCUT2D eigenvalue weighted by Crippen LogP contribution is 2.26. The summed E-state index contributed by atoms with van der Waals surface area (Å²) in [6, 6.07) is 1.11. The van der Waals surface area contributed by atoms with Gasteiger partial charge in [-0.25, -0.2) is 4.79 Å². The summed E-state index contributed by atoms with van der Waals surface area (Å²) in [4.78, 5) is 23.0. The van der Waals surface area contributed by atoms with Gasteiger partial charge in [-0.3, -0.25) is 14.3 Å². The normalized spacial score (nSPS) is 18.1. The van der Waals surface area contributed by atoms with Crippen molar-refractivity contribution in [2.24, 2.45) is 0 Å². The highest BCUT2D eigenvalue weighted by Gasteiger charge is 2.39. The molecule has 0 fully saturated rings. The van der Waals surface area contributed by atoms with Gasteiger partial charge in [-0.15, -0.1) is 0 Å². The molecule has 0 amide bonds. The summed E-state index contributed by atoms with van der Waals surface area (Å²) in [6.07, 6.45) is -1.13. The molecule has 0 aliphatic heterocycles. The lowest BCUT2D eigenvalue weighted by molar-refractivity contribution is -0.0697. The lowest BCUT2D eigenvalue weighted by atomic mass is 10.1. The van der Waals surface area contributed by atoms with Crippen LogP contribution in [-0.2, 0) is 9.73 Å². The fourth-order valence-electron chi connectivity index (χ4n) is 1.55. The summed E-state index contributed by atoms with van der Waals surface area (Å²) in [5.41, 5.74) is -1.32. The lowest BCUT2D eigenvalue weighted by Crippen LogP contribution is -2.51. The quantitative estimate of drug-likeness (QED) is 0.588. The molecule has 0 spiro atoms. The summed E-state index contributed by atoms with van der Waals surface area (Å²) >= 11 is 6.12. The van der Waals surface area contributed by atoms with Crippen LogP contribution in [-0.4, -0.2) is 45.7 Å². The number of hydrogen-bond acceptors (Lipinski definition) is 5. The van der Waals surface area contributed by atoms with Crippen molar-refractivity contribution in [3.05, 3.63) is 33.1 Å². The molecule has 3 N–H and O–H groups in total. The molecule has 3 atom stereocenters. The first-order chi connectivity index (χ1) is 8.34. The number of rotatable bonds is 5. The fraction of sp³-hybridized carbons (Fsp3) is 0.600. The van der Waals surface area contributed by atoms with E-state index in [2.05, 4.69) is 0 Å². The lowest BCUT2D eigenvalue weighted by Gasteiger charge is -2.33. The molecule has 1 aromatic heterocycles. The van der Waals surface area contributed by atoms with Gasteiger partial charge in [0, 0.05) is 19.4 Å². The Labute approximate surface area is 108 Å². The van der Waals surface area contributed by atoms with Gasteiger partial charge in [0.25, 0.3) is 5.56 Å². The van der Waals surface area contributed by atoms with E-state index < -0.39 is 35.1 Å². The van der Waals surface area contributed by atoms with Crippen LogP contribution in [0.25, 0.3) is 0 Å². The molecule has 0 aromatic carbocycles. The van der Waals surface area contributed by atoms with Gasteiger partial charge in [0.05, 0.1) is 6.61 Å². The number of aromatic nitrogens is 2. The average molecular weight is 279 g/mol.